The number of alkyl halides is 1. The summed E-state index contributed by atoms with van der Waals surface area (Å²) in [6.45, 7) is 13.5. The number of carbonyl (C=O) groups excluding carboxylic acids is 2. The molecular weight excluding hydrogens is 566 g/mol. The van der Waals surface area contributed by atoms with Crippen molar-refractivity contribution in [3.63, 3.8) is 0 Å². The number of carbonyl (C=O) groups is 3. The number of benzene rings is 1. The van der Waals surface area contributed by atoms with Gasteiger partial charge in [-0.05, 0) is 56.9 Å². The number of hydrogen-bond acceptors (Lipinski definition) is 6. The molecule has 2 bridgehead atoms. The molecule has 3 unspecified atom stereocenters. The van der Waals surface area contributed by atoms with E-state index in [9.17, 15) is 24.6 Å². The van der Waals surface area contributed by atoms with Crippen LogP contribution in [-0.2, 0) is 19.1 Å². The van der Waals surface area contributed by atoms with Crippen molar-refractivity contribution in [2.45, 2.75) is 69.2 Å². The predicted molar refractivity (Wildman–Crippen MR) is 153 cm³/mol. The summed E-state index contributed by atoms with van der Waals surface area (Å²) in [6.07, 6.45) is 1.71. The summed E-state index contributed by atoms with van der Waals surface area (Å²) in [4.78, 5) is 45.9. The van der Waals surface area contributed by atoms with Crippen LogP contribution in [0.15, 0.2) is 36.9 Å². The van der Waals surface area contributed by atoms with Gasteiger partial charge in [-0.2, -0.15) is 0 Å². The number of likely N-dealkylation sites (tertiary alicyclic amines) is 1. The predicted octanol–water partition coefficient (Wildman–Crippen LogP) is 3.29. The standard InChI is InChI=1S/C29H40BrN3O6/c1-6-13-32(19-11-9-18(10-12-19)31(7-2)8-3)27(36)25-29-15-21(30)24(39-29)22(28(37)38)23(29)26(35)33(25)20(16-34)14-17(4)5/h6,9-12,17,20-25,34H,1,7-8,13-16H2,2-5H3,(H,37,38)/t20-,21?,22-,23+,24-,25?,29?/m1/s1. The number of aliphatic carboxylic acids is 1. The highest BCUT2D eigenvalue weighted by Crippen LogP contribution is 2.60. The van der Waals surface area contributed by atoms with Crippen LogP contribution in [0.1, 0.15) is 40.5 Å². The van der Waals surface area contributed by atoms with E-state index in [0.29, 0.717) is 18.5 Å². The third-order valence-electron chi connectivity index (χ3n) is 8.46. The van der Waals surface area contributed by atoms with Crippen LogP contribution in [0.25, 0.3) is 0 Å². The normalized spacial score (nSPS) is 30.0. The van der Waals surface area contributed by atoms with E-state index in [-0.39, 0.29) is 29.8 Å². The Balaban J connectivity index is 1.80. The summed E-state index contributed by atoms with van der Waals surface area (Å²) in [6, 6.07) is 5.96. The van der Waals surface area contributed by atoms with Gasteiger partial charge in [0.05, 0.1) is 30.6 Å². The van der Waals surface area contributed by atoms with Crippen LogP contribution < -0.4 is 9.80 Å². The number of carboxylic acids is 1. The molecule has 3 aliphatic heterocycles. The van der Waals surface area contributed by atoms with Gasteiger partial charge in [-0.15, -0.1) is 6.58 Å². The average molecular weight is 607 g/mol. The number of aliphatic hydroxyl groups is 1. The Kier molecular flexibility index (Phi) is 8.78. The number of ether oxygens (including phenoxy) is 1. The number of hydrogen-bond donors (Lipinski definition) is 2. The quantitative estimate of drug-likeness (QED) is 0.278. The Labute approximate surface area is 238 Å². The zero-order valence-corrected chi connectivity index (χ0v) is 24.7. The minimum absolute atomic E-state index is 0.136. The summed E-state index contributed by atoms with van der Waals surface area (Å²) in [5.41, 5.74) is 0.374. The molecule has 1 aromatic carbocycles. The Morgan fingerprint density at radius 1 is 1.23 bits per heavy atom. The van der Waals surface area contributed by atoms with Gasteiger partial charge in [0, 0.05) is 35.8 Å². The van der Waals surface area contributed by atoms with Crippen LogP contribution in [0.4, 0.5) is 11.4 Å². The van der Waals surface area contributed by atoms with E-state index in [2.05, 4.69) is 41.3 Å². The molecule has 1 spiro atoms. The molecule has 1 aromatic rings. The van der Waals surface area contributed by atoms with Crippen LogP contribution in [0.5, 0.6) is 0 Å². The van der Waals surface area contributed by atoms with Crippen LogP contribution >= 0.6 is 15.9 Å². The first-order valence-corrected chi connectivity index (χ1v) is 14.7. The first-order valence-electron chi connectivity index (χ1n) is 13.8. The molecule has 3 heterocycles. The Morgan fingerprint density at radius 2 is 1.85 bits per heavy atom. The van der Waals surface area contributed by atoms with Crippen molar-refractivity contribution in [3.05, 3.63) is 36.9 Å². The lowest BCUT2D eigenvalue weighted by atomic mass is 9.70. The summed E-state index contributed by atoms with van der Waals surface area (Å²) >= 11 is 3.58. The second kappa shape index (κ2) is 11.6. The SMILES string of the molecule is C=CCN(C(=O)C1N([C@@H](CO)CC(C)C)C(=O)[C@@H]2[C@@H](C(=O)O)[C@@H]3OC12CC3Br)c1ccc(N(CC)CC)cc1. The number of aliphatic hydroxyl groups excluding tert-OH is 1. The lowest BCUT2D eigenvalue weighted by Gasteiger charge is -2.39. The van der Waals surface area contributed by atoms with Crippen molar-refractivity contribution in [2.75, 3.05) is 36.0 Å². The van der Waals surface area contributed by atoms with E-state index in [1.165, 1.54) is 4.90 Å². The number of halogens is 1. The van der Waals surface area contributed by atoms with Crippen LogP contribution in [0.3, 0.4) is 0 Å². The van der Waals surface area contributed by atoms with Crippen LogP contribution in [-0.4, -0.2) is 87.8 Å². The monoisotopic (exact) mass is 605 g/mol. The van der Waals surface area contributed by atoms with E-state index in [1.807, 2.05) is 38.1 Å². The fourth-order valence-electron chi connectivity index (χ4n) is 6.87. The summed E-state index contributed by atoms with van der Waals surface area (Å²) in [5, 5.41) is 20.5. The van der Waals surface area contributed by atoms with Gasteiger partial charge >= 0.3 is 5.97 Å². The van der Waals surface area contributed by atoms with Crippen molar-refractivity contribution < 1.29 is 29.3 Å². The minimum Gasteiger partial charge on any atom is -0.481 e. The van der Waals surface area contributed by atoms with Crippen molar-refractivity contribution in [2.24, 2.45) is 17.8 Å². The molecule has 0 aliphatic carbocycles. The second-order valence-corrected chi connectivity index (χ2v) is 12.3. The molecule has 3 saturated heterocycles. The topological polar surface area (TPSA) is 111 Å². The van der Waals surface area contributed by atoms with Gasteiger partial charge in [-0.25, -0.2) is 0 Å². The molecule has 3 fully saturated rings. The fourth-order valence-corrected chi connectivity index (χ4v) is 7.82. The van der Waals surface area contributed by atoms with Crippen LogP contribution in [0.2, 0.25) is 0 Å². The van der Waals surface area contributed by atoms with Crippen molar-refractivity contribution in [1.29, 1.82) is 0 Å². The van der Waals surface area contributed by atoms with E-state index < -0.39 is 47.5 Å². The van der Waals surface area contributed by atoms with Gasteiger partial charge in [0.1, 0.15) is 11.6 Å². The van der Waals surface area contributed by atoms with E-state index in [4.69, 9.17) is 4.74 Å². The number of carboxylic acid groups (broad SMARTS) is 1. The number of fused-ring (bicyclic) bond motifs is 1. The maximum Gasteiger partial charge on any atom is 0.310 e. The van der Waals surface area contributed by atoms with Gasteiger partial charge in [0.25, 0.3) is 5.91 Å². The van der Waals surface area contributed by atoms with E-state index in [0.717, 1.165) is 18.8 Å². The summed E-state index contributed by atoms with van der Waals surface area (Å²) in [7, 11) is 0. The number of nitrogens with zero attached hydrogens (tertiary/aromatic N) is 3. The third-order valence-corrected chi connectivity index (χ3v) is 9.31. The lowest BCUT2D eigenvalue weighted by molar-refractivity contribution is -0.151. The number of amides is 2. The van der Waals surface area contributed by atoms with Crippen LogP contribution in [0, 0.1) is 17.8 Å². The molecular formula is C29H40BrN3O6. The highest BCUT2D eigenvalue weighted by atomic mass is 79.9. The molecule has 7 atom stereocenters. The number of anilines is 2. The molecule has 10 heteroatoms. The maximum atomic E-state index is 14.6. The smallest absolute Gasteiger partial charge is 0.310 e. The van der Waals surface area contributed by atoms with Gasteiger partial charge in [-0.3, -0.25) is 14.4 Å². The third kappa shape index (κ3) is 4.89. The molecule has 39 heavy (non-hydrogen) atoms. The molecule has 2 N–H and O–H groups in total. The molecule has 4 rings (SSSR count). The minimum atomic E-state index is -1.30. The molecule has 214 valence electrons. The second-order valence-electron chi connectivity index (χ2n) is 11.1. The Hall–Kier alpha value is -2.43. The zero-order valence-electron chi connectivity index (χ0n) is 23.1. The van der Waals surface area contributed by atoms with Crippen molar-refractivity contribution >= 4 is 45.1 Å². The first kappa shape index (κ1) is 29.6. The van der Waals surface area contributed by atoms with Gasteiger partial charge in [-0.1, -0.05) is 35.9 Å². The molecule has 3 aliphatic rings. The van der Waals surface area contributed by atoms with E-state index in [1.54, 1.807) is 11.0 Å². The Morgan fingerprint density at radius 3 is 2.36 bits per heavy atom. The van der Waals surface area contributed by atoms with Crippen molar-refractivity contribution in [1.82, 2.24) is 4.90 Å². The molecule has 0 saturated carbocycles. The maximum absolute atomic E-state index is 14.6. The average Bonchev–Trinajstić information content (AvgIpc) is 3.50. The largest absolute Gasteiger partial charge is 0.481 e. The van der Waals surface area contributed by atoms with Gasteiger partial charge in [0.15, 0.2) is 0 Å². The molecule has 0 radical (unpaired) electrons. The fraction of sp³-hybridized carbons (Fsp3) is 0.621. The highest BCUT2D eigenvalue weighted by molar-refractivity contribution is 9.09. The zero-order chi connectivity index (χ0) is 28.6. The Bertz CT molecular complexity index is 1090. The molecule has 0 aromatic heterocycles. The van der Waals surface area contributed by atoms with E-state index >= 15 is 0 Å². The molecule has 2 amide bonds. The highest BCUT2D eigenvalue weighted by Gasteiger charge is 2.77. The summed E-state index contributed by atoms with van der Waals surface area (Å²) in [5.74, 6) is -3.85. The number of rotatable bonds is 12. The van der Waals surface area contributed by atoms with Gasteiger partial charge in [0.2, 0.25) is 5.91 Å². The van der Waals surface area contributed by atoms with Gasteiger partial charge < -0.3 is 29.6 Å². The summed E-state index contributed by atoms with van der Waals surface area (Å²) < 4.78 is 6.40. The lowest BCUT2D eigenvalue weighted by Crippen LogP contribution is -2.59. The first-order chi connectivity index (χ1) is 18.6. The molecule has 9 nitrogen and oxygen atoms in total. The van der Waals surface area contributed by atoms with Crippen molar-refractivity contribution in [3.8, 4) is 0 Å².